The predicted molar refractivity (Wildman–Crippen MR) is 103 cm³/mol. The summed E-state index contributed by atoms with van der Waals surface area (Å²) >= 11 is 0. The summed E-state index contributed by atoms with van der Waals surface area (Å²) in [4.78, 5) is 37.4. The van der Waals surface area contributed by atoms with Gasteiger partial charge in [-0.25, -0.2) is 4.79 Å². The standard InChI is InChI=1S/C20H29N3O4/c1-4-23(5-2)19(27)22-16-9-7-15(8-10-16)14(3)21-17(24)13-20(18(25)26)11-6-12-20/h7-10,14H,4-6,11-13H2,1-3H3,(H,21,24)(H,22,27)(H,25,26). The summed E-state index contributed by atoms with van der Waals surface area (Å²) in [5.41, 5.74) is 0.693. The minimum atomic E-state index is -0.887. The van der Waals surface area contributed by atoms with E-state index in [1.807, 2.05) is 32.9 Å². The highest BCUT2D eigenvalue weighted by Crippen LogP contribution is 2.44. The molecular weight excluding hydrogens is 346 g/mol. The minimum Gasteiger partial charge on any atom is -0.481 e. The van der Waals surface area contributed by atoms with Gasteiger partial charge in [0.25, 0.3) is 0 Å². The monoisotopic (exact) mass is 375 g/mol. The Bertz CT molecular complexity index is 679. The van der Waals surface area contributed by atoms with Crippen molar-refractivity contribution in [2.45, 2.75) is 52.5 Å². The molecule has 7 nitrogen and oxygen atoms in total. The van der Waals surface area contributed by atoms with Gasteiger partial charge in [0.2, 0.25) is 5.91 Å². The van der Waals surface area contributed by atoms with Crippen molar-refractivity contribution in [1.29, 1.82) is 0 Å². The highest BCUT2D eigenvalue weighted by molar-refractivity contribution is 5.89. The van der Waals surface area contributed by atoms with E-state index in [4.69, 9.17) is 0 Å². The Morgan fingerprint density at radius 3 is 2.19 bits per heavy atom. The first-order chi connectivity index (χ1) is 12.8. The number of hydrogen-bond donors (Lipinski definition) is 3. The van der Waals surface area contributed by atoms with E-state index in [2.05, 4.69) is 10.6 Å². The molecule has 3 amide bonds. The zero-order valence-electron chi connectivity index (χ0n) is 16.2. The number of hydrogen-bond acceptors (Lipinski definition) is 3. The molecule has 1 unspecified atom stereocenters. The molecule has 1 aliphatic rings. The third kappa shape index (κ3) is 4.99. The van der Waals surface area contributed by atoms with Crippen LogP contribution in [0.4, 0.5) is 10.5 Å². The van der Waals surface area contributed by atoms with Crippen LogP contribution in [0.1, 0.15) is 58.1 Å². The van der Waals surface area contributed by atoms with Crippen molar-refractivity contribution < 1.29 is 19.5 Å². The van der Waals surface area contributed by atoms with Crippen molar-refractivity contribution in [2.75, 3.05) is 18.4 Å². The quantitative estimate of drug-likeness (QED) is 0.648. The summed E-state index contributed by atoms with van der Waals surface area (Å²) < 4.78 is 0. The molecule has 2 rings (SSSR count). The highest BCUT2D eigenvalue weighted by atomic mass is 16.4. The van der Waals surface area contributed by atoms with Crippen LogP contribution >= 0.6 is 0 Å². The smallest absolute Gasteiger partial charge is 0.321 e. The van der Waals surface area contributed by atoms with E-state index in [0.29, 0.717) is 31.6 Å². The molecule has 0 bridgehead atoms. The molecule has 3 N–H and O–H groups in total. The number of benzene rings is 1. The average molecular weight is 375 g/mol. The highest BCUT2D eigenvalue weighted by Gasteiger charge is 2.45. The first-order valence-corrected chi connectivity index (χ1v) is 9.50. The maximum Gasteiger partial charge on any atom is 0.321 e. The van der Waals surface area contributed by atoms with Crippen LogP contribution in [0.5, 0.6) is 0 Å². The Hall–Kier alpha value is -2.57. The lowest BCUT2D eigenvalue weighted by atomic mass is 9.66. The van der Waals surface area contributed by atoms with Crippen LogP contribution in [0.3, 0.4) is 0 Å². The number of nitrogens with zero attached hydrogens (tertiary/aromatic N) is 1. The van der Waals surface area contributed by atoms with Gasteiger partial charge in [0.1, 0.15) is 0 Å². The lowest BCUT2D eigenvalue weighted by Crippen LogP contribution is -2.43. The number of aliphatic carboxylic acids is 1. The van der Waals surface area contributed by atoms with E-state index >= 15 is 0 Å². The van der Waals surface area contributed by atoms with Crippen LogP contribution in [0.15, 0.2) is 24.3 Å². The fourth-order valence-corrected chi connectivity index (χ4v) is 3.32. The topological polar surface area (TPSA) is 98.7 Å². The molecule has 1 atom stereocenters. The number of carboxylic acid groups (broad SMARTS) is 1. The molecule has 0 aliphatic heterocycles. The molecule has 27 heavy (non-hydrogen) atoms. The van der Waals surface area contributed by atoms with Gasteiger partial charge in [-0.3, -0.25) is 9.59 Å². The summed E-state index contributed by atoms with van der Waals surface area (Å²) in [5.74, 6) is -1.13. The lowest BCUT2D eigenvalue weighted by molar-refractivity contribution is -0.157. The normalized spacial score (nSPS) is 16.0. The second kappa shape index (κ2) is 8.88. The van der Waals surface area contributed by atoms with Gasteiger partial charge < -0.3 is 20.6 Å². The molecule has 1 saturated carbocycles. The van der Waals surface area contributed by atoms with Crippen molar-refractivity contribution in [3.63, 3.8) is 0 Å². The van der Waals surface area contributed by atoms with Crippen molar-refractivity contribution in [3.8, 4) is 0 Å². The SMILES string of the molecule is CCN(CC)C(=O)Nc1ccc(C(C)NC(=O)CC2(C(=O)O)CCC2)cc1. The number of urea groups is 1. The van der Waals surface area contributed by atoms with E-state index in [1.54, 1.807) is 17.0 Å². The first-order valence-electron chi connectivity index (χ1n) is 9.50. The molecule has 0 radical (unpaired) electrons. The molecule has 1 aromatic rings. The second-order valence-electron chi connectivity index (χ2n) is 7.13. The number of rotatable bonds is 8. The fourth-order valence-electron chi connectivity index (χ4n) is 3.32. The number of anilines is 1. The maximum absolute atomic E-state index is 12.3. The number of carbonyl (C=O) groups is 3. The predicted octanol–water partition coefficient (Wildman–Crippen LogP) is 3.38. The molecule has 1 fully saturated rings. The lowest BCUT2D eigenvalue weighted by Gasteiger charge is -2.37. The summed E-state index contributed by atoms with van der Waals surface area (Å²) in [6.45, 7) is 6.99. The minimum absolute atomic E-state index is 0.0185. The Morgan fingerprint density at radius 2 is 1.74 bits per heavy atom. The molecule has 148 valence electrons. The van der Waals surface area contributed by atoms with Gasteiger partial charge in [0, 0.05) is 25.2 Å². The number of carbonyl (C=O) groups excluding carboxylic acids is 2. The van der Waals surface area contributed by atoms with Gasteiger partial charge in [-0.05, 0) is 51.3 Å². The Kier molecular flexibility index (Phi) is 6.82. The molecule has 0 heterocycles. The van der Waals surface area contributed by atoms with Crippen LogP contribution < -0.4 is 10.6 Å². The van der Waals surface area contributed by atoms with Crippen LogP contribution in [0, 0.1) is 5.41 Å². The Morgan fingerprint density at radius 1 is 1.15 bits per heavy atom. The van der Waals surface area contributed by atoms with Crippen molar-refractivity contribution >= 4 is 23.6 Å². The van der Waals surface area contributed by atoms with Crippen molar-refractivity contribution in [2.24, 2.45) is 5.41 Å². The van der Waals surface area contributed by atoms with Crippen molar-refractivity contribution in [3.05, 3.63) is 29.8 Å². The molecule has 1 aromatic carbocycles. The Labute approximate surface area is 160 Å². The fraction of sp³-hybridized carbons (Fsp3) is 0.550. The van der Waals surface area contributed by atoms with Crippen LogP contribution in [0.2, 0.25) is 0 Å². The van der Waals surface area contributed by atoms with Gasteiger partial charge in [0.15, 0.2) is 0 Å². The first kappa shape index (κ1) is 20.7. The van der Waals surface area contributed by atoms with Crippen LogP contribution in [-0.4, -0.2) is 41.0 Å². The Balaban J connectivity index is 1.91. The van der Waals surface area contributed by atoms with Gasteiger partial charge in [-0.1, -0.05) is 18.6 Å². The van der Waals surface area contributed by atoms with Crippen LogP contribution in [0.25, 0.3) is 0 Å². The summed E-state index contributed by atoms with van der Waals surface area (Å²) in [5, 5.41) is 15.1. The number of carboxylic acids is 1. The third-order valence-electron chi connectivity index (χ3n) is 5.35. The summed E-state index contributed by atoms with van der Waals surface area (Å²) in [6, 6.07) is 6.90. The van der Waals surface area contributed by atoms with Crippen molar-refractivity contribution in [1.82, 2.24) is 10.2 Å². The molecule has 0 saturated heterocycles. The van der Waals surface area contributed by atoms with E-state index in [0.717, 1.165) is 12.0 Å². The maximum atomic E-state index is 12.3. The van der Waals surface area contributed by atoms with E-state index in [-0.39, 0.29) is 24.4 Å². The molecule has 0 aromatic heterocycles. The number of amides is 3. The number of nitrogens with one attached hydrogen (secondary N) is 2. The zero-order chi connectivity index (χ0) is 20.0. The second-order valence-corrected chi connectivity index (χ2v) is 7.13. The van der Waals surface area contributed by atoms with Gasteiger partial charge in [0.05, 0.1) is 11.5 Å². The van der Waals surface area contributed by atoms with E-state index < -0.39 is 11.4 Å². The van der Waals surface area contributed by atoms with Gasteiger partial charge in [-0.2, -0.15) is 0 Å². The molecule has 7 heteroatoms. The molecular formula is C20H29N3O4. The van der Waals surface area contributed by atoms with E-state index in [1.165, 1.54) is 0 Å². The largest absolute Gasteiger partial charge is 0.481 e. The zero-order valence-corrected chi connectivity index (χ0v) is 16.2. The molecule has 1 aliphatic carbocycles. The summed E-state index contributed by atoms with van der Waals surface area (Å²) in [7, 11) is 0. The molecule has 0 spiro atoms. The third-order valence-corrected chi connectivity index (χ3v) is 5.35. The summed E-state index contributed by atoms with van der Waals surface area (Å²) in [6.07, 6.45) is 2.00. The van der Waals surface area contributed by atoms with Crippen LogP contribution in [-0.2, 0) is 9.59 Å². The van der Waals surface area contributed by atoms with E-state index in [9.17, 15) is 19.5 Å². The van der Waals surface area contributed by atoms with Gasteiger partial charge in [-0.15, -0.1) is 0 Å². The average Bonchev–Trinajstić information content (AvgIpc) is 2.59. The van der Waals surface area contributed by atoms with Gasteiger partial charge >= 0.3 is 12.0 Å².